The molecular formula is C15H18ClN3O2S. The van der Waals surface area contributed by atoms with Crippen molar-refractivity contribution in [3.8, 4) is 0 Å². The molecule has 1 atom stereocenters. The minimum absolute atomic E-state index is 0.153. The summed E-state index contributed by atoms with van der Waals surface area (Å²) in [5.41, 5.74) is 1.87. The van der Waals surface area contributed by atoms with E-state index < -0.39 is 0 Å². The highest BCUT2D eigenvalue weighted by Gasteiger charge is 2.26. The van der Waals surface area contributed by atoms with Crippen LogP contribution in [0.15, 0.2) is 24.5 Å². The van der Waals surface area contributed by atoms with Gasteiger partial charge in [-0.25, -0.2) is 4.98 Å². The molecule has 0 bridgehead atoms. The lowest BCUT2D eigenvalue weighted by Gasteiger charge is -2.34. The standard InChI is InChI=1S/C15H18ClN3O2S/c1-21-15(20)6-13-10-22-5-4-18(13)8-12-9-19-7-11(16)2-3-14(19)17-12/h2-3,7,9,13H,4-6,8,10H2,1H3. The lowest BCUT2D eigenvalue weighted by atomic mass is 10.2. The summed E-state index contributed by atoms with van der Waals surface area (Å²) in [7, 11) is 1.44. The molecule has 0 saturated carbocycles. The predicted molar refractivity (Wildman–Crippen MR) is 88.4 cm³/mol. The molecule has 3 rings (SSSR count). The number of carbonyl (C=O) groups excluding carboxylic acids is 1. The summed E-state index contributed by atoms with van der Waals surface area (Å²) >= 11 is 7.89. The molecule has 0 spiro atoms. The molecule has 0 aliphatic carbocycles. The number of hydrogen-bond donors (Lipinski definition) is 0. The van der Waals surface area contributed by atoms with Crippen LogP contribution in [0, 0.1) is 0 Å². The molecule has 22 heavy (non-hydrogen) atoms. The molecule has 1 fully saturated rings. The maximum atomic E-state index is 11.6. The van der Waals surface area contributed by atoms with E-state index in [4.69, 9.17) is 16.3 Å². The van der Waals surface area contributed by atoms with Gasteiger partial charge in [-0.3, -0.25) is 9.69 Å². The lowest BCUT2D eigenvalue weighted by molar-refractivity contribution is -0.141. The molecule has 3 heterocycles. The second-order valence-electron chi connectivity index (χ2n) is 5.32. The van der Waals surface area contributed by atoms with Crippen LogP contribution in [0.3, 0.4) is 0 Å². The Balaban J connectivity index is 1.74. The SMILES string of the molecule is COC(=O)CC1CSCCN1Cc1cn2cc(Cl)ccc2n1. The number of imidazole rings is 1. The van der Waals surface area contributed by atoms with Crippen LogP contribution in [0.25, 0.3) is 5.65 Å². The Hall–Kier alpha value is -1.24. The fourth-order valence-electron chi connectivity index (χ4n) is 2.66. The smallest absolute Gasteiger partial charge is 0.307 e. The van der Waals surface area contributed by atoms with Crippen LogP contribution in [0.1, 0.15) is 12.1 Å². The normalized spacial score (nSPS) is 19.5. The second kappa shape index (κ2) is 6.89. The fourth-order valence-corrected chi connectivity index (χ4v) is 3.96. The molecule has 1 saturated heterocycles. The number of aromatic nitrogens is 2. The van der Waals surface area contributed by atoms with Crippen LogP contribution in [0.5, 0.6) is 0 Å². The molecular weight excluding hydrogens is 322 g/mol. The Bertz CT molecular complexity index is 676. The summed E-state index contributed by atoms with van der Waals surface area (Å²) in [6.45, 7) is 1.70. The highest BCUT2D eigenvalue weighted by Crippen LogP contribution is 2.22. The van der Waals surface area contributed by atoms with E-state index in [0.29, 0.717) is 11.4 Å². The van der Waals surface area contributed by atoms with E-state index in [1.807, 2.05) is 40.7 Å². The highest BCUT2D eigenvalue weighted by molar-refractivity contribution is 7.99. The topological polar surface area (TPSA) is 46.8 Å². The molecule has 1 unspecified atom stereocenters. The van der Waals surface area contributed by atoms with Gasteiger partial charge >= 0.3 is 5.97 Å². The summed E-state index contributed by atoms with van der Waals surface area (Å²) < 4.78 is 6.74. The van der Waals surface area contributed by atoms with Crippen LogP contribution in [-0.4, -0.2) is 51.5 Å². The summed E-state index contributed by atoms with van der Waals surface area (Å²) in [6.07, 6.45) is 4.28. The van der Waals surface area contributed by atoms with E-state index in [1.165, 1.54) is 7.11 Å². The molecule has 5 nitrogen and oxygen atoms in total. The van der Waals surface area contributed by atoms with Gasteiger partial charge < -0.3 is 9.14 Å². The van der Waals surface area contributed by atoms with Crippen molar-refractivity contribution >= 4 is 35.0 Å². The van der Waals surface area contributed by atoms with Gasteiger partial charge in [0.25, 0.3) is 0 Å². The van der Waals surface area contributed by atoms with Crippen LogP contribution < -0.4 is 0 Å². The number of thioether (sulfide) groups is 1. The first-order valence-corrected chi connectivity index (χ1v) is 8.71. The number of esters is 1. The molecule has 0 radical (unpaired) electrons. The average Bonchev–Trinajstić information content (AvgIpc) is 2.90. The first-order chi connectivity index (χ1) is 10.7. The van der Waals surface area contributed by atoms with Crippen molar-refractivity contribution < 1.29 is 9.53 Å². The van der Waals surface area contributed by atoms with Crippen LogP contribution in [0.2, 0.25) is 5.02 Å². The number of ether oxygens (including phenoxy) is 1. The molecule has 1 aliphatic rings. The number of fused-ring (bicyclic) bond motifs is 1. The van der Waals surface area contributed by atoms with E-state index in [2.05, 4.69) is 9.88 Å². The van der Waals surface area contributed by atoms with Gasteiger partial charge in [0.05, 0.1) is 24.2 Å². The summed E-state index contributed by atoms with van der Waals surface area (Å²) in [5.74, 6) is 1.88. The van der Waals surface area contributed by atoms with Crippen LogP contribution in [-0.2, 0) is 16.1 Å². The number of rotatable bonds is 4. The minimum Gasteiger partial charge on any atom is -0.469 e. The molecule has 2 aromatic heterocycles. The zero-order valence-corrected chi connectivity index (χ0v) is 13.9. The quantitative estimate of drug-likeness (QED) is 0.801. The average molecular weight is 340 g/mol. The Kier molecular flexibility index (Phi) is 4.90. The van der Waals surface area contributed by atoms with Crippen molar-refractivity contribution in [2.24, 2.45) is 0 Å². The predicted octanol–water partition coefficient (Wildman–Crippen LogP) is 2.47. The highest BCUT2D eigenvalue weighted by atomic mass is 35.5. The third kappa shape index (κ3) is 3.56. The number of hydrogen-bond acceptors (Lipinski definition) is 5. The Labute approximate surface area is 138 Å². The lowest BCUT2D eigenvalue weighted by Crippen LogP contribution is -2.43. The first-order valence-electron chi connectivity index (χ1n) is 7.17. The van der Waals surface area contributed by atoms with Crippen molar-refractivity contribution in [1.82, 2.24) is 14.3 Å². The monoisotopic (exact) mass is 339 g/mol. The minimum atomic E-state index is -0.153. The summed E-state index contributed by atoms with van der Waals surface area (Å²) in [6, 6.07) is 3.95. The number of halogens is 1. The Morgan fingerprint density at radius 1 is 1.50 bits per heavy atom. The van der Waals surface area contributed by atoms with Gasteiger partial charge in [0.15, 0.2) is 0 Å². The zero-order chi connectivity index (χ0) is 15.5. The van der Waals surface area contributed by atoms with Crippen molar-refractivity contribution in [1.29, 1.82) is 0 Å². The van der Waals surface area contributed by atoms with E-state index in [1.54, 1.807) is 0 Å². The Morgan fingerprint density at radius 3 is 3.18 bits per heavy atom. The molecule has 7 heteroatoms. The molecule has 1 aliphatic heterocycles. The van der Waals surface area contributed by atoms with Gasteiger partial charge in [-0.05, 0) is 12.1 Å². The van der Waals surface area contributed by atoms with Crippen molar-refractivity contribution in [2.45, 2.75) is 19.0 Å². The van der Waals surface area contributed by atoms with Gasteiger partial charge in [0.2, 0.25) is 0 Å². The van der Waals surface area contributed by atoms with E-state index >= 15 is 0 Å². The van der Waals surface area contributed by atoms with Crippen LogP contribution in [0.4, 0.5) is 0 Å². The molecule has 0 N–H and O–H groups in total. The van der Waals surface area contributed by atoms with Gasteiger partial charge in [-0.1, -0.05) is 11.6 Å². The summed E-state index contributed by atoms with van der Waals surface area (Å²) in [5, 5.41) is 0.689. The van der Waals surface area contributed by atoms with Gasteiger partial charge in [0, 0.05) is 43.0 Å². The molecule has 2 aromatic rings. The number of nitrogens with zero attached hydrogens (tertiary/aromatic N) is 3. The van der Waals surface area contributed by atoms with E-state index in [0.717, 1.165) is 35.9 Å². The molecule has 0 amide bonds. The largest absolute Gasteiger partial charge is 0.469 e. The van der Waals surface area contributed by atoms with Gasteiger partial charge in [0.1, 0.15) is 5.65 Å². The maximum absolute atomic E-state index is 11.6. The van der Waals surface area contributed by atoms with Gasteiger partial charge in [-0.2, -0.15) is 11.8 Å². The Morgan fingerprint density at radius 2 is 2.36 bits per heavy atom. The van der Waals surface area contributed by atoms with Gasteiger partial charge in [-0.15, -0.1) is 0 Å². The van der Waals surface area contributed by atoms with Crippen LogP contribution >= 0.6 is 23.4 Å². The number of carbonyl (C=O) groups is 1. The fraction of sp³-hybridized carbons (Fsp3) is 0.467. The van der Waals surface area contributed by atoms with E-state index in [9.17, 15) is 4.79 Å². The molecule has 118 valence electrons. The van der Waals surface area contributed by atoms with E-state index in [-0.39, 0.29) is 12.0 Å². The third-order valence-electron chi connectivity index (χ3n) is 3.81. The molecule has 0 aromatic carbocycles. The van der Waals surface area contributed by atoms with Crippen molar-refractivity contribution in [2.75, 3.05) is 25.2 Å². The number of methoxy groups -OCH3 is 1. The summed E-state index contributed by atoms with van der Waals surface area (Å²) in [4.78, 5) is 18.5. The number of pyridine rings is 1. The maximum Gasteiger partial charge on any atom is 0.307 e. The van der Waals surface area contributed by atoms with Crippen molar-refractivity contribution in [3.05, 3.63) is 35.2 Å². The van der Waals surface area contributed by atoms with Crippen molar-refractivity contribution in [3.63, 3.8) is 0 Å². The third-order valence-corrected chi connectivity index (χ3v) is 5.12. The zero-order valence-electron chi connectivity index (χ0n) is 12.4. The second-order valence-corrected chi connectivity index (χ2v) is 6.91. The first kappa shape index (κ1) is 15.6.